The molecule has 8 nitrogen and oxygen atoms in total. The van der Waals surface area contributed by atoms with Gasteiger partial charge in [0.25, 0.3) is 0 Å². The second-order valence-electron chi connectivity index (χ2n) is 8.42. The van der Waals surface area contributed by atoms with Gasteiger partial charge in [0.2, 0.25) is 17.7 Å². The van der Waals surface area contributed by atoms with Crippen molar-refractivity contribution in [1.82, 2.24) is 20.4 Å². The normalized spacial score (nSPS) is 23.9. The van der Waals surface area contributed by atoms with E-state index in [1.165, 1.54) is 6.92 Å². The van der Waals surface area contributed by atoms with E-state index in [-0.39, 0.29) is 30.3 Å². The fourth-order valence-corrected chi connectivity index (χ4v) is 4.64. The van der Waals surface area contributed by atoms with E-state index in [0.29, 0.717) is 37.0 Å². The van der Waals surface area contributed by atoms with Crippen molar-refractivity contribution >= 4 is 24.2 Å². The Balaban J connectivity index is 0.00000300. The highest BCUT2D eigenvalue weighted by Gasteiger charge is 2.38. The van der Waals surface area contributed by atoms with Crippen LogP contribution in [0.15, 0.2) is 4.52 Å². The number of halogens is 1. The monoisotopic (exact) mass is 427 g/mol. The number of nitrogens with one attached hydrogen (secondary N) is 1. The largest absolute Gasteiger partial charge is 0.343 e. The van der Waals surface area contributed by atoms with Gasteiger partial charge in [-0.05, 0) is 38.6 Å². The van der Waals surface area contributed by atoms with Crippen molar-refractivity contribution in [1.29, 1.82) is 0 Å². The summed E-state index contributed by atoms with van der Waals surface area (Å²) in [5.41, 5.74) is 5.20. The molecule has 1 saturated heterocycles. The third kappa shape index (κ3) is 5.69. The number of hydrogen-bond acceptors (Lipinski definition) is 6. The zero-order valence-electron chi connectivity index (χ0n) is 17.5. The van der Waals surface area contributed by atoms with E-state index in [2.05, 4.69) is 22.4 Å². The lowest BCUT2D eigenvalue weighted by atomic mass is 9.89. The third-order valence-corrected chi connectivity index (χ3v) is 6.14. The van der Waals surface area contributed by atoms with E-state index < -0.39 is 5.54 Å². The molecule has 2 heterocycles. The maximum absolute atomic E-state index is 12.6. The van der Waals surface area contributed by atoms with Crippen molar-refractivity contribution in [2.75, 3.05) is 13.1 Å². The maximum atomic E-state index is 12.6. The first-order chi connectivity index (χ1) is 13.4. The molecule has 1 aromatic rings. The maximum Gasteiger partial charge on any atom is 0.227 e. The van der Waals surface area contributed by atoms with Crippen molar-refractivity contribution in [2.45, 2.75) is 83.2 Å². The number of aromatic nitrogens is 2. The van der Waals surface area contributed by atoms with Crippen molar-refractivity contribution in [3.63, 3.8) is 0 Å². The van der Waals surface area contributed by atoms with Crippen molar-refractivity contribution in [2.24, 2.45) is 11.7 Å². The highest BCUT2D eigenvalue weighted by atomic mass is 35.5. The van der Waals surface area contributed by atoms with Crippen LogP contribution in [0.3, 0.4) is 0 Å². The van der Waals surface area contributed by atoms with Crippen LogP contribution in [0.25, 0.3) is 0 Å². The summed E-state index contributed by atoms with van der Waals surface area (Å²) in [5, 5.41) is 7.26. The van der Waals surface area contributed by atoms with Gasteiger partial charge in [-0.2, -0.15) is 4.98 Å². The Morgan fingerprint density at radius 2 is 1.97 bits per heavy atom. The van der Waals surface area contributed by atoms with E-state index in [0.717, 1.165) is 51.5 Å². The van der Waals surface area contributed by atoms with E-state index >= 15 is 0 Å². The predicted molar refractivity (Wildman–Crippen MR) is 111 cm³/mol. The molecule has 1 saturated carbocycles. The van der Waals surface area contributed by atoms with Crippen molar-refractivity contribution in [3.05, 3.63) is 11.7 Å². The first kappa shape index (κ1) is 23.6. The number of nitrogens with two attached hydrogens (primary N) is 1. The molecular formula is C20H34ClN5O3. The first-order valence-electron chi connectivity index (χ1n) is 10.5. The highest BCUT2D eigenvalue weighted by Crippen LogP contribution is 2.34. The fraction of sp³-hybridized carbons (Fsp3) is 0.800. The van der Waals surface area contributed by atoms with Crippen LogP contribution < -0.4 is 11.1 Å². The Hall–Kier alpha value is -1.67. The van der Waals surface area contributed by atoms with Gasteiger partial charge in [-0.15, -0.1) is 12.4 Å². The third-order valence-electron chi connectivity index (χ3n) is 6.14. The number of rotatable bonds is 6. The predicted octanol–water partition coefficient (Wildman–Crippen LogP) is 2.31. The molecule has 164 valence electrons. The molecule has 3 rings (SSSR count). The second kappa shape index (κ2) is 10.4. The molecule has 29 heavy (non-hydrogen) atoms. The summed E-state index contributed by atoms with van der Waals surface area (Å²) in [4.78, 5) is 30.9. The quantitative estimate of drug-likeness (QED) is 0.673. The lowest BCUT2D eigenvalue weighted by Gasteiger charge is -2.30. The summed E-state index contributed by atoms with van der Waals surface area (Å²) in [7, 11) is 0. The number of nitrogens with zero attached hydrogens (tertiary/aromatic N) is 3. The summed E-state index contributed by atoms with van der Waals surface area (Å²) in [6, 6.07) is 0.230. The van der Waals surface area contributed by atoms with Gasteiger partial charge in [0, 0.05) is 32.4 Å². The molecule has 3 N–H and O–H groups in total. The Labute approximate surface area is 178 Å². The summed E-state index contributed by atoms with van der Waals surface area (Å²) in [5.74, 6) is 1.42. The number of likely N-dealkylation sites (tertiary alicyclic amines) is 1. The standard InChI is InChI=1S/C20H33N5O3.ClH/c1-14-11-16(12-21)13-25(14)18(27)8-7-17-22-19(24-28-17)20(23-15(2)26)9-5-3-4-6-10-20;/h14,16H,3-13,21H2,1-2H3,(H,23,26);1H. The van der Waals surface area contributed by atoms with Gasteiger partial charge in [0.15, 0.2) is 5.82 Å². The van der Waals surface area contributed by atoms with Gasteiger partial charge in [-0.3, -0.25) is 9.59 Å². The molecule has 2 fully saturated rings. The molecule has 0 bridgehead atoms. The Kier molecular flexibility index (Phi) is 8.46. The van der Waals surface area contributed by atoms with Crippen LogP contribution >= 0.6 is 12.4 Å². The molecule has 1 aliphatic carbocycles. The highest BCUT2D eigenvalue weighted by molar-refractivity contribution is 5.85. The molecular weight excluding hydrogens is 394 g/mol. The van der Waals surface area contributed by atoms with Gasteiger partial charge in [0.05, 0.1) is 0 Å². The van der Waals surface area contributed by atoms with Crippen LogP contribution in [-0.4, -0.2) is 46.0 Å². The Morgan fingerprint density at radius 3 is 2.55 bits per heavy atom. The SMILES string of the molecule is CC(=O)NC1(c2noc(CCC(=O)N3CC(CN)CC3C)n2)CCCCCC1.Cl. The van der Waals surface area contributed by atoms with Gasteiger partial charge in [-0.1, -0.05) is 30.8 Å². The van der Waals surface area contributed by atoms with Crippen LogP contribution in [0.2, 0.25) is 0 Å². The molecule has 2 aliphatic rings. The van der Waals surface area contributed by atoms with E-state index in [9.17, 15) is 9.59 Å². The van der Waals surface area contributed by atoms with Crippen LogP contribution in [0.4, 0.5) is 0 Å². The molecule has 2 amide bonds. The minimum atomic E-state index is -0.550. The molecule has 0 aromatic carbocycles. The van der Waals surface area contributed by atoms with Crippen LogP contribution in [-0.2, 0) is 21.5 Å². The van der Waals surface area contributed by atoms with Gasteiger partial charge in [-0.25, -0.2) is 0 Å². The molecule has 9 heteroatoms. The Morgan fingerprint density at radius 1 is 1.28 bits per heavy atom. The molecule has 1 aliphatic heterocycles. The second-order valence-corrected chi connectivity index (χ2v) is 8.42. The zero-order chi connectivity index (χ0) is 20.1. The van der Waals surface area contributed by atoms with Crippen LogP contribution in [0.5, 0.6) is 0 Å². The molecule has 1 aromatic heterocycles. The number of amides is 2. The van der Waals surface area contributed by atoms with Crippen molar-refractivity contribution in [3.8, 4) is 0 Å². The number of carbonyl (C=O) groups excluding carboxylic acids is 2. The minimum absolute atomic E-state index is 0. The smallest absolute Gasteiger partial charge is 0.227 e. The van der Waals surface area contributed by atoms with E-state index in [1.54, 1.807) is 0 Å². The average Bonchev–Trinajstić information content (AvgIpc) is 3.22. The van der Waals surface area contributed by atoms with Crippen molar-refractivity contribution < 1.29 is 14.1 Å². The van der Waals surface area contributed by atoms with Crippen LogP contribution in [0.1, 0.15) is 76.9 Å². The summed E-state index contributed by atoms with van der Waals surface area (Å²) in [6.07, 6.45) is 7.71. The average molecular weight is 428 g/mol. The van der Waals surface area contributed by atoms with Gasteiger partial charge >= 0.3 is 0 Å². The number of hydrogen-bond donors (Lipinski definition) is 2. The first-order valence-corrected chi connectivity index (χ1v) is 10.5. The molecule has 2 atom stereocenters. The lowest BCUT2D eigenvalue weighted by molar-refractivity contribution is -0.131. The summed E-state index contributed by atoms with van der Waals surface area (Å²) in [6.45, 7) is 4.95. The fourth-order valence-electron chi connectivity index (χ4n) is 4.64. The number of carbonyl (C=O) groups is 2. The number of aryl methyl sites for hydroxylation is 1. The van der Waals surface area contributed by atoms with E-state index in [4.69, 9.17) is 10.3 Å². The Bertz CT molecular complexity index is 687. The molecule has 0 spiro atoms. The topological polar surface area (TPSA) is 114 Å². The summed E-state index contributed by atoms with van der Waals surface area (Å²) >= 11 is 0. The van der Waals surface area contributed by atoms with Gasteiger partial charge < -0.3 is 20.5 Å². The molecule has 0 radical (unpaired) electrons. The van der Waals surface area contributed by atoms with Gasteiger partial charge in [0.1, 0.15) is 5.54 Å². The lowest BCUT2D eigenvalue weighted by Crippen LogP contribution is -2.45. The summed E-state index contributed by atoms with van der Waals surface area (Å²) < 4.78 is 5.44. The molecule has 2 unspecified atom stereocenters. The van der Waals surface area contributed by atoms with E-state index in [1.807, 2.05) is 4.90 Å². The zero-order valence-corrected chi connectivity index (χ0v) is 18.3. The van der Waals surface area contributed by atoms with Crippen LogP contribution in [0, 0.1) is 5.92 Å². The minimum Gasteiger partial charge on any atom is -0.343 e.